The molecule has 0 aromatic heterocycles. The van der Waals surface area contributed by atoms with Gasteiger partial charge >= 0.3 is 0 Å². The Bertz CT molecular complexity index is 430. The second-order valence-corrected chi connectivity index (χ2v) is 4.40. The lowest BCUT2D eigenvalue weighted by Gasteiger charge is -2.26. The van der Waals surface area contributed by atoms with Gasteiger partial charge in [-0.3, -0.25) is 4.79 Å². The second kappa shape index (κ2) is 5.84. The molecule has 0 saturated heterocycles. The van der Waals surface area contributed by atoms with Gasteiger partial charge in [-0.05, 0) is 32.2 Å². The van der Waals surface area contributed by atoms with E-state index in [1.807, 2.05) is 0 Å². The van der Waals surface area contributed by atoms with Gasteiger partial charge in [0.25, 0.3) is 0 Å². The SMILES string of the molecule is CNCC(C)(O)c1cc(NC(C)=O)ccc1OC. The maximum atomic E-state index is 11.0. The Balaban J connectivity index is 3.17. The van der Waals surface area contributed by atoms with E-state index in [1.165, 1.54) is 6.92 Å². The smallest absolute Gasteiger partial charge is 0.221 e. The third kappa shape index (κ3) is 3.45. The lowest BCUT2D eigenvalue weighted by Crippen LogP contribution is -2.34. The third-order valence-corrected chi connectivity index (χ3v) is 2.62. The van der Waals surface area contributed by atoms with Gasteiger partial charge in [-0.2, -0.15) is 0 Å². The first-order chi connectivity index (χ1) is 8.40. The van der Waals surface area contributed by atoms with Crippen LogP contribution in [0.3, 0.4) is 0 Å². The summed E-state index contributed by atoms with van der Waals surface area (Å²) < 4.78 is 5.24. The molecule has 0 bridgehead atoms. The average Bonchev–Trinajstić information content (AvgIpc) is 2.28. The molecule has 0 spiro atoms. The van der Waals surface area contributed by atoms with Gasteiger partial charge in [0.2, 0.25) is 5.91 Å². The topological polar surface area (TPSA) is 70.6 Å². The average molecular weight is 252 g/mol. The van der Waals surface area contributed by atoms with E-state index in [0.717, 1.165) is 0 Å². The molecule has 1 rings (SSSR count). The first kappa shape index (κ1) is 14.5. The number of hydrogen-bond donors (Lipinski definition) is 3. The minimum absolute atomic E-state index is 0.153. The summed E-state index contributed by atoms with van der Waals surface area (Å²) in [5.74, 6) is 0.434. The summed E-state index contributed by atoms with van der Waals surface area (Å²) in [4.78, 5) is 11.0. The summed E-state index contributed by atoms with van der Waals surface area (Å²) in [6, 6.07) is 5.18. The minimum atomic E-state index is -1.07. The van der Waals surface area contributed by atoms with Crippen LogP contribution < -0.4 is 15.4 Å². The molecule has 100 valence electrons. The Labute approximate surface area is 107 Å². The number of ether oxygens (including phenoxy) is 1. The van der Waals surface area contributed by atoms with Gasteiger partial charge in [0.1, 0.15) is 11.4 Å². The molecule has 0 aliphatic carbocycles. The first-order valence-electron chi connectivity index (χ1n) is 5.74. The van der Waals surface area contributed by atoms with Crippen LogP contribution >= 0.6 is 0 Å². The summed E-state index contributed by atoms with van der Waals surface area (Å²) in [5, 5.41) is 16.0. The molecule has 0 heterocycles. The number of carbonyl (C=O) groups is 1. The molecule has 0 aliphatic heterocycles. The Morgan fingerprint density at radius 1 is 1.50 bits per heavy atom. The second-order valence-electron chi connectivity index (χ2n) is 4.40. The van der Waals surface area contributed by atoms with Gasteiger partial charge in [-0.1, -0.05) is 0 Å². The number of amides is 1. The van der Waals surface area contributed by atoms with Crippen LogP contribution in [0.5, 0.6) is 5.75 Å². The fraction of sp³-hybridized carbons (Fsp3) is 0.462. The van der Waals surface area contributed by atoms with Crippen molar-refractivity contribution in [2.75, 3.05) is 26.0 Å². The van der Waals surface area contributed by atoms with E-state index in [4.69, 9.17) is 4.74 Å². The van der Waals surface area contributed by atoms with Crippen LogP contribution in [-0.4, -0.2) is 31.7 Å². The van der Waals surface area contributed by atoms with E-state index in [2.05, 4.69) is 10.6 Å². The summed E-state index contributed by atoms with van der Waals surface area (Å²) in [5.41, 5.74) is 0.189. The fourth-order valence-corrected chi connectivity index (χ4v) is 1.85. The highest BCUT2D eigenvalue weighted by atomic mass is 16.5. The quantitative estimate of drug-likeness (QED) is 0.733. The predicted molar refractivity (Wildman–Crippen MR) is 70.8 cm³/mol. The van der Waals surface area contributed by atoms with Crippen LogP contribution in [-0.2, 0) is 10.4 Å². The number of likely N-dealkylation sites (N-methyl/N-ethyl adjacent to an activating group) is 1. The van der Waals surface area contributed by atoms with Crippen LogP contribution in [0.1, 0.15) is 19.4 Å². The van der Waals surface area contributed by atoms with Crippen molar-refractivity contribution in [3.8, 4) is 5.75 Å². The molecule has 0 fully saturated rings. The van der Waals surface area contributed by atoms with E-state index in [1.54, 1.807) is 39.3 Å². The molecule has 1 amide bonds. The van der Waals surface area contributed by atoms with Crippen molar-refractivity contribution in [3.63, 3.8) is 0 Å². The molecule has 1 aromatic rings. The molecule has 1 unspecified atom stereocenters. The fourth-order valence-electron chi connectivity index (χ4n) is 1.85. The number of hydrogen-bond acceptors (Lipinski definition) is 4. The van der Waals surface area contributed by atoms with Gasteiger partial charge < -0.3 is 20.5 Å². The van der Waals surface area contributed by atoms with Crippen molar-refractivity contribution in [1.82, 2.24) is 5.32 Å². The number of carbonyl (C=O) groups excluding carboxylic acids is 1. The van der Waals surface area contributed by atoms with Gasteiger partial charge in [0.05, 0.1) is 7.11 Å². The number of rotatable bonds is 5. The lowest BCUT2D eigenvalue weighted by molar-refractivity contribution is -0.114. The Hall–Kier alpha value is -1.59. The van der Waals surface area contributed by atoms with Crippen LogP contribution in [0.25, 0.3) is 0 Å². The Morgan fingerprint density at radius 3 is 2.67 bits per heavy atom. The molecule has 0 aliphatic rings. The van der Waals surface area contributed by atoms with E-state index < -0.39 is 5.60 Å². The Kier molecular flexibility index (Phi) is 4.69. The van der Waals surface area contributed by atoms with Crippen LogP contribution in [0.2, 0.25) is 0 Å². The van der Waals surface area contributed by atoms with Crippen LogP contribution in [0.4, 0.5) is 5.69 Å². The van der Waals surface area contributed by atoms with Crippen molar-refractivity contribution in [2.24, 2.45) is 0 Å². The van der Waals surface area contributed by atoms with E-state index >= 15 is 0 Å². The van der Waals surface area contributed by atoms with Crippen molar-refractivity contribution in [3.05, 3.63) is 23.8 Å². The molecule has 5 heteroatoms. The maximum Gasteiger partial charge on any atom is 0.221 e. The molecule has 3 N–H and O–H groups in total. The molecule has 0 radical (unpaired) electrons. The summed E-state index contributed by atoms with van der Waals surface area (Å²) in [6.07, 6.45) is 0. The minimum Gasteiger partial charge on any atom is -0.496 e. The number of nitrogens with one attached hydrogen (secondary N) is 2. The molecule has 18 heavy (non-hydrogen) atoms. The normalized spacial score (nSPS) is 13.8. The molecular formula is C13H20N2O3. The monoisotopic (exact) mass is 252 g/mol. The Morgan fingerprint density at radius 2 is 2.17 bits per heavy atom. The molecular weight excluding hydrogens is 232 g/mol. The summed E-state index contributed by atoms with van der Waals surface area (Å²) >= 11 is 0. The highest BCUT2D eigenvalue weighted by Gasteiger charge is 2.26. The van der Waals surface area contributed by atoms with Gasteiger partial charge in [-0.15, -0.1) is 0 Å². The van der Waals surface area contributed by atoms with E-state index in [0.29, 0.717) is 23.5 Å². The lowest BCUT2D eigenvalue weighted by atomic mass is 9.94. The van der Waals surface area contributed by atoms with Gasteiger partial charge in [0, 0.05) is 24.7 Å². The zero-order chi connectivity index (χ0) is 13.8. The van der Waals surface area contributed by atoms with Crippen LogP contribution in [0, 0.1) is 0 Å². The zero-order valence-corrected chi connectivity index (χ0v) is 11.2. The zero-order valence-electron chi connectivity index (χ0n) is 11.2. The highest BCUT2D eigenvalue weighted by Crippen LogP contribution is 2.32. The van der Waals surface area contributed by atoms with Crippen molar-refractivity contribution >= 4 is 11.6 Å². The van der Waals surface area contributed by atoms with Crippen molar-refractivity contribution in [2.45, 2.75) is 19.4 Å². The number of aliphatic hydroxyl groups is 1. The molecule has 1 aromatic carbocycles. The van der Waals surface area contributed by atoms with Crippen molar-refractivity contribution < 1.29 is 14.6 Å². The summed E-state index contributed by atoms with van der Waals surface area (Å²) in [6.45, 7) is 3.52. The van der Waals surface area contributed by atoms with Gasteiger partial charge in [0.15, 0.2) is 0 Å². The standard InChI is InChI=1S/C13H20N2O3/c1-9(16)15-10-5-6-12(18-4)11(7-10)13(2,17)8-14-3/h5-7,14,17H,8H2,1-4H3,(H,15,16). The highest BCUT2D eigenvalue weighted by molar-refractivity contribution is 5.88. The van der Waals surface area contributed by atoms with E-state index in [9.17, 15) is 9.90 Å². The molecule has 1 atom stereocenters. The summed E-state index contributed by atoms with van der Waals surface area (Å²) in [7, 11) is 3.31. The largest absolute Gasteiger partial charge is 0.496 e. The molecule has 0 saturated carbocycles. The van der Waals surface area contributed by atoms with E-state index in [-0.39, 0.29) is 5.91 Å². The van der Waals surface area contributed by atoms with Gasteiger partial charge in [-0.25, -0.2) is 0 Å². The maximum absolute atomic E-state index is 11.0. The first-order valence-corrected chi connectivity index (χ1v) is 5.74. The molecule has 5 nitrogen and oxygen atoms in total. The van der Waals surface area contributed by atoms with Crippen LogP contribution in [0.15, 0.2) is 18.2 Å². The number of benzene rings is 1. The third-order valence-electron chi connectivity index (χ3n) is 2.62. The number of anilines is 1. The number of methoxy groups -OCH3 is 1. The van der Waals surface area contributed by atoms with Crippen molar-refractivity contribution in [1.29, 1.82) is 0 Å². The predicted octanol–water partition coefficient (Wildman–Crippen LogP) is 1.08.